The van der Waals surface area contributed by atoms with Crippen LogP contribution in [0.2, 0.25) is 10.0 Å². The fourth-order valence-electron chi connectivity index (χ4n) is 2.17. The van der Waals surface area contributed by atoms with Crippen LogP contribution in [0.15, 0.2) is 42.5 Å². The average Bonchev–Trinajstić information content (AvgIpc) is 2.67. The van der Waals surface area contributed by atoms with Crippen molar-refractivity contribution in [2.24, 2.45) is 0 Å². The van der Waals surface area contributed by atoms with Gasteiger partial charge in [-0.1, -0.05) is 23.2 Å². The molecule has 0 unspecified atom stereocenters. The second-order valence-corrected chi connectivity index (χ2v) is 6.35. The van der Waals surface area contributed by atoms with Gasteiger partial charge in [0.25, 0.3) is 5.91 Å². The van der Waals surface area contributed by atoms with E-state index in [0.717, 1.165) is 0 Å². The molecule has 0 radical (unpaired) electrons. The molecule has 0 bridgehead atoms. The summed E-state index contributed by atoms with van der Waals surface area (Å²) < 4.78 is 10.1. The van der Waals surface area contributed by atoms with E-state index >= 15 is 0 Å². The number of Topliss-reactive ketones (excluding diaryl/α,β-unsaturated/α-hetero) is 1. The van der Waals surface area contributed by atoms with Gasteiger partial charge in [0.05, 0.1) is 17.2 Å². The van der Waals surface area contributed by atoms with Crippen molar-refractivity contribution < 1.29 is 23.9 Å². The van der Waals surface area contributed by atoms with Crippen molar-refractivity contribution >= 4 is 40.9 Å². The molecule has 0 heterocycles. The Labute approximate surface area is 166 Å². The number of hydrogen-bond donors (Lipinski definition) is 1. The number of amides is 1. The van der Waals surface area contributed by atoms with Gasteiger partial charge in [-0.3, -0.25) is 14.4 Å². The zero-order valence-corrected chi connectivity index (χ0v) is 16.1. The van der Waals surface area contributed by atoms with Crippen molar-refractivity contribution in [1.82, 2.24) is 5.32 Å². The first-order chi connectivity index (χ1) is 12.8. The standard InChI is InChI=1S/C19H17Cl2NO5/c1-11(18(24)12-3-6-14(26-2)7-4-12)27-17(23)10-22-19(25)13-5-8-15(20)16(21)9-13/h3-9,11H,10H2,1-2H3,(H,22,25)/t11-/m1/s1. The SMILES string of the molecule is COc1ccc(C(=O)[C@@H](C)OC(=O)CNC(=O)c2ccc(Cl)c(Cl)c2)cc1. The summed E-state index contributed by atoms with van der Waals surface area (Å²) in [6.07, 6.45) is -0.993. The first kappa shape index (κ1) is 20.7. The molecule has 142 valence electrons. The minimum absolute atomic E-state index is 0.227. The molecule has 6 nitrogen and oxygen atoms in total. The lowest BCUT2D eigenvalue weighted by Gasteiger charge is -2.13. The number of esters is 1. The maximum absolute atomic E-state index is 12.3. The molecule has 0 aromatic heterocycles. The third kappa shape index (κ3) is 5.70. The monoisotopic (exact) mass is 409 g/mol. The Morgan fingerprint density at radius 2 is 1.63 bits per heavy atom. The highest BCUT2D eigenvalue weighted by atomic mass is 35.5. The smallest absolute Gasteiger partial charge is 0.326 e. The first-order valence-corrected chi connectivity index (χ1v) is 8.68. The lowest BCUT2D eigenvalue weighted by Crippen LogP contribution is -2.34. The van der Waals surface area contributed by atoms with Gasteiger partial charge in [0.2, 0.25) is 5.78 Å². The van der Waals surface area contributed by atoms with E-state index in [4.69, 9.17) is 32.7 Å². The summed E-state index contributed by atoms with van der Waals surface area (Å²) in [5.41, 5.74) is 0.635. The lowest BCUT2D eigenvalue weighted by molar-refractivity contribution is -0.145. The molecular formula is C19H17Cl2NO5. The van der Waals surface area contributed by atoms with Crippen molar-refractivity contribution in [3.05, 3.63) is 63.6 Å². The van der Waals surface area contributed by atoms with Crippen LogP contribution in [0.5, 0.6) is 5.75 Å². The Bertz CT molecular complexity index is 852. The normalized spacial score (nSPS) is 11.4. The van der Waals surface area contributed by atoms with Crippen molar-refractivity contribution in [2.75, 3.05) is 13.7 Å². The highest BCUT2D eigenvalue weighted by molar-refractivity contribution is 6.42. The Hall–Kier alpha value is -2.57. The van der Waals surface area contributed by atoms with Crippen LogP contribution in [0.3, 0.4) is 0 Å². The second-order valence-electron chi connectivity index (χ2n) is 5.54. The van der Waals surface area contributed by atoms with Crippen molar-refractivity contribution in [3.63, 3.8) is 0 Å². The first-order valence-electron chi connectivity index (χ1n) is 7.93. The van der Waals surface area contributed by atoms with E-state index in [0.29, 0.717) is 16.3 Å². The highest BCUT2D eigenvalue weighted by Gasteiger charge is 2.20. The Kier molecular flexibility index (Phi) is 7.21. The summed E-state index contributed by atoms with van der Waals surface area (Å²) >= 11 is 11.6. The van der Waals surface area contributed by atoms with Gasteiger partial charge in [-0.25, -0.2) is 0 Å². The van der Waals surface area contributed by atoms with Gasteiger partial charge >= 0.3 is 5.97 Å². The predicted octanol–water partition coefficient (Wildman–Crippen LogP) is 3.55. The molecule has 1 amide bonds. The summed E-state index contributed by atoms with van der Waals surface area (Å²) in [4.78, 5) is 36.2. The van der Waals surface area contributed by atoms with E-state index in [2.05, 4.69) is 5.32 Å². The van der Waals surface area contributed by atoms with E-state index in [1.165, 1.54) is 32.2 Å². The zero-order chi connectivity index (χ0) is 20.0. The number of nitrogens with one attached hydrogen (secondary N) is 1. The number of rotatable bonds is 7. The molecule has 2 rings (SSSR count). The minimum atomic E-state index is -0.993. The van der Waals surface area contributed by atoms with Crippen LogP contribution in [-0.4, -0.2) is 37.4 Å². The number of carbonyl (C=O) groups excluding carboxylic acids is 3. The highest BCUT2D eigenvalue weighted by Crippen LogP contribution is 2.22. The third-order valence-electron chi connectivity index (χ3n) is 3.63. The van der Waals surface area contributed by atoms with Gasteiger partial charge in [0.15, 0.2) is 6.10 Å². The number of ketones is 1. The van der Waals surface area contributed by atoms with Crippen LogP contribution >= 0.6 is 23.2 Å². The van der Waals surface area contributed by atoms with Gasteiger partial charge in [-0.05, 0) is 49.4 Å². The number of halogens is 2. The zero-order valence-electron chi connectivity index (χ0n) is 14.6. The molecule has 0 aliphatic heterocycles. The third-order valence-corrected chi connectivity index (χ3v) is 4.37. The van der Waals surface area contributed by atoms with Gasteiger partial charge in [-0.2, -0.15) is 0 Å². The summed E-state index contributed by atoms with van der Waals surface area (Å²) in [5, 5.41) is 2.95. The average molecular weight is 410 g/mol. The molecule has 1 N–H and O–H groups in total. The molecule has 8 heteroatoms. The van der Waals surface area contributed by atoms with Crippen LogP contribution in [0, 0.1) is 0 Å². The van der Waals surface area contributed by atoms with Crippen LogP contribution in [0.1, 0.15) is 27.6 Å². The van der Waals surface area contributed by atoms with E-state index in [-0.39, 0.29) is 22.9 Å². The van der Waals surface area contributed by atoms with E-state index in [1.807, 2.05) is 0 Å². The number of ether oxygens (including phenoxy) is 2. The summed E-state index contributed by atoms with van der Waals surface area (Å²) in [7, 11) is 1.52. The molecule has 0 fully saturated rings. The van der Waals surface area contributed by atoms with Crippen LogP contribution in [-0.2, 0) is 9.53 Å². The van der Waals surface area contributed by atoms with Crippen LogP contribution < -0.4 is 10.1 Å². The Balaban J connectivity index is 1.87. The minimum Gasteiger partial charge on any atom is -0.497 e. The van der Waals surface area contributed by atoms with Gasteiger partial charge in [0, 0.05) is 11.1 Å². The molecular weight excluding hydrogens is 393 g/mol. The Morgan fingerprint density at radius 1 is 1.00 bits per heavy atom. The van der Waals surface area contributed by atoms with Crippen molar-refractivity contribution in [1.29, 1.82) is 0 Å². The van der Waals surface area contributed by atoms with Crippen LogP contribution in [0.4, 0.5) is 0 Å². The van der Waals surface area contributed by atoms with E-state index in [1.54, 1.807) is 24.3 Å². The topological polar surface area (TPSA) is 81.7 Å². The summed E-state index contributed by atoms with van der Waals surface area (Å²) in [6.45, 7) is 1.07. The second kappa shape index (κ2) is 9.39. The Morgan fingerprint density at radius 3 is 2.22 bits per heavy atom. The fraction of sp³-hybridized carbons (Fsp3) is 0.211. The molecule has 0 aliphatic carbocycles. The van der Waals surface area contributed by atoms with Gasteiger partial charge in [0.1, 0.15) is 12.3 Å². The molecule has 0 aliphatic rings. The largest absolute Gasteiger partial charge is 0.497 e. The molecule has 0 saturated carbocycles. The number of carbonyl (C=O) groups is 3. The predicted molar refractivity (Wildman–Crippen MR) is 102 cm³/mol. The molecule has 27 heavy (non-hydrogen) atoms. The molecule has 2 aromatic rings. The van der Waals surface area contributed by atoms with Gasteiger partial charge < -0.3 is 14.8 Å². The molecule has 0 spiro atoms. The summed E-state index contributed by atoms with van der Waals surface area (Å²) in [5.74, 6) is -1.000. The fourth-order valence-corrected chi connectivity index (χ4v) is 2.47. The van der Waals surface area contributed by atoms with E-state index in [9.17, 15) is 14.4 Å². The van der Waals surface area contributed by atoms with Crippen LogP contribution in [0.25, 0.3) is 0 Å². The van der Waals surface area contributed by atoms with E-state index < -0.39 is 18.0 Å². The maximum atomic E-state index is 12.3. The number of methoxy groups -OCH3 is 1. The number of benzene rings is 2. The van der Waals surface area contributed by atoms with Gasteiger partial charge in [-0.15, -0.1) is 0 Å². The summed E-state index contributed by atoms with van der Waals surface area (Å²) in [6, 6.07) is 10.8. The lowest BCUT2D eigenvalue weighted by atomic mass is 10.1. The molecule has 1 atom stereocenters. The van der Waals surface area contributed by atoms with Crippen molar-refractivity contribution in [2.45, 2.75) is 13.0 Å². The molecule has 2 aromatic carbocycles. The molecule has 0 saturated heterocycles. The quantitative estimate of drug-likeness (QED) is 0.558. The van der Waals surface area contributed by atoms with Crippen molar-refractivity contribution in [3.8, 4) is 5.75 Å². The number of hydrogen-bond acceptors (Lipinski definition) is 5. The maximum Gasteiger partial charge on any atom is 0.326 e.